The molecular formula is C14H21ClFN5. The molecule has 0 spiro atoms. The van der Waals surface area contributed by atoms with Crippen LogP contribution in [-0.4, -0.2) is 29.9 Å². The molecule has 0 saturated carbocycles. The first-order chi connectivity index (χ1) is 9.65. The number of rotatable bonds is 2. The summed E-state index contributed by atoms with van der Waals surface area (Å²) in [6, 6.07) is 6.25. The van der Waals surface area contributed by atoms with E-state index >= 15 is 0 Å². The van der Waals surface area contributed by atoms with Crippen molar-refractivity contribution in [2.45, 2.75) is 25.8 Å². The highest BCUT2D eigenvalue weighted by Gasteiger charge is 2.12. The summed E-state index contributed by atoms with van der Waals surface area (Å²) in [5, 5.41) is 0. The topological polar surface area (TPSA) is 80.0 Å². The van der Waals surface area contributed by atoms with E-state index in [-0.39, 0.29) is 24.2 Å². The number of hydrogen-bond donors (Lipinski definition) is 2. The van der Waals surface area contributed by atoms with Gasteiger partial charge in [0.05, 0.1) is 6.54 Å². The van der Waals surface area contributed by atoms with E-state index in [0.717, 1.165) is 31.5 Å². The van der Waals surface area contributed by atoms with Crippen molar-refractivity contribution in [2.75, 3.05) is 13.1 Å². The molecular weight excluding hydrogens is 293 g/mol. The average Bonchev–Trinajstić information content (AvgIpc) is 2.46. The number of guanidine groups is 2. The summed E-state index contributed by atoms with van der Waals surface area (Å²) in [5.74, 6) is 0.245. The van der Waals surface area contributed by atoms with E-state index in [4.69, 9.17) is 11.5 Å². The quantitative estimate of drug-likeness (QED) is 0.646. The number of likely N-dealkylation sites (tertiary alicyclic amines) is 1. The number of benzene rings is 1. The molecule has 1 fully saturated rings. The molecule has 4 N–H and O–H groups in total. The van der Waals surface area contributed by atoms with Crippen molar-refractivity contribution in [1.29, 1.82) is 0 Å². The van der Waals surface area contributed by atoms with Gasteiger partial charge >= 0.3 is 0 Å². The van der Waals surface area contributed by atoms with E-state index < -0.39 is 0 Å². The fraction of sp³-hybridized carbons (Fsp3) is 0.429. The lowest BCUT2D eigenvalue weighted by Crippen LogP contribution is -2.41. The van der Waals surface area contributed by atoms with E-state index in [1.165, 1.54) is 18.6 Å². The number of aliphatic imine (C=N–C) groups is 2. The minimum Gasteiger partial charge on any atom is -0.369 e. The molecule has 1 saturated heterocycles. The van der Waals surface area contributed by atoms with Gasteiger partial charge in [-0.2, -0.15) is 4.99 Å². The first kappa shape index (κ1) is 17.2. The Kier molecular flexibility index (Phi) is 6.94. The Morgan fingerprint density at radius 2 is 1.90 bits per heavy atom. The Morgan fingerprint density at radius 1 is 1.19 bits per heavy atom. The van der Waals surface area contributed by atoms with Crippen LogP contribution in [-0.2, 0) is 6.54 Å². The van der Waals surface area contributed by atoms with Crippen molar-refractivity contribution in [2.24, 2.45) is 21.5 Å². The highest BCUT2D eigenvalue weighted by atomic mass is 35.5. The van der Waals surface area contributed by atoms with E-state index in [2.05, 4.69) is 9.98 Å². The summed E-state index contributed by atoms with van der Waals surface area (Å²) in [7, 11) is 0. The molecule has 1 aromatic carbocycles. The van der Waals surface area contributed by atoms with Crippen molar-refractivity contribution in [1.82, 2.24) is 4.90 Å². The minimum atomic E-state index is -0.285. The number of nitrogens with two attached hydrogens (primary N) is 2. The first-order valence-electron chi connectivity index (χ1n) is 6.78. The number of nitrogens with zero attached hydrogens (tertiary/aromatic N) is 3. The summed E-state index contributed by atoms with van der Waals surface area (Å²) in [6.07, 6.45) is 3.47. The predicted molar refractivity (Wildman–Crippen MR) is 86.0 cm³/mol. The normalized spacial score (nSPS) is 16.5. The summed E-state index contributed by atoms with van der Waals surface area (Å²) in [5.41, 5.74) is 12.4. The SMILES string of the molecule is Cl.NC(=NCc1cccc(F)c1)N=C(N)N1CCCCC1. The second-order valence-corrected chi connectivity index (χ2v) is 4.82. The zero-order chi connectivity index (χ0) is 14.4. The van der Waals surface area contributed by atoms with Crippen LogP contribution in [0.4, 0.5) is 4.39 Å². The Morgan fingerprint density at radius 3 is 2.57 bits per heavy atom. The van der Waals surface area contributed by atoms with Gasteiger partial charge in [0.25, 0.3) is 0 Å². The van der Waals surface area contributed by atoms with Crippen LogP contribution in [0.25, 0.3) is 0 Å². The molecule has 0 amide bonds. The Bertz CT molecular complexity index is 512. The molecule has 0 aromatic heterocycles. The third-order valence-corrected chi connectivity index (χ3v) is 3.22. The Balaban J connectivity index is 0.00000220. The lowest BCUT2D eigenvalue weighted by atomic mass is 10.1. The molecule has 7 heteroatoms. The molecule has 0 aliphatic carbocycles. The third-order valence-electron chi connectivity index (χ3n) is 3.22. The first-order valence-corrected chi connectivity index (χ1v) is 6.78. The van der Waals surface area contributed by atoms with Crippen LogP contribution < -0.4 is 11.5 Å². The smallest absolute Gasteiger partial charge is 0.218 e. The molecule has 1 heterocycles. The summed E-state index contributed by atoms with van der Waals surface area (Å²) >= 11 is 0. The molecule has 2 rings (SSSR count). The van der Waals surface area contributed by atoms with Crippen LogP contribution in [0.2, 0.25) is 0 Å². The Hall–Kier alpha value is -1.82. The number of hydrogen-bond acceptors (Lipinski definition) is 1. The van der Waals surface area contributed by atoms with Crippen molar-refractivity contribution in [3.8, 4) is 0 Å². The standard InChI is InChI=1S/C14H20FN5.ClH/c15-12-6-4-5-11(9-12)10-18-13(16)19-14(17)20-7-2-1-3-8-20;/h4-6,9H,1-3,7-8,10H2,(H4,16,17,18,19);1H. The van der Waals surface area contributed by atoms with Gasteiger partial charge in [-0.3, -0.25) is 0 Å². The van der Waals surface area contributed by atoms with Crippen LogP contribution in [0.1, 0.15) is 24.8 Å². The van der Waals surface area contributed by atoms with Crippen LogP contribution >= 0.6 is 12.4 Å². The predicted octanol–water partition coefficient (Wildman–Crippen LogP) is 1.86. The second kappa shape index (κ2) is 8.46. The lowest BCUT2D eigenvalue weighted by Gasteiger charge is -2.27. The summed E-state index contributed by atoms with van der Waals surface area (Å²) < 4.78 is 13.0. The largest absolute Gasteiger partial charge is 0.369 e. The monoisotopic (exact) mass is 313 g/mol. The van der Waals surface area contributed by atoms with Crippen LogP contribution in [0.3, 0.4) is 0 Å². The number of piperidine rings is 1. The summed E-state index contributed by atoms with van der Waals surface area (Å²) in [6.45, 7) is 2.11. The third kappa shape index (κ3) is 5.59. The highest BCUT2D eigenvalue weighted by molar-refractivity contribution is 5.93. The lowest BCUT2D eigenvalue weighted by molar-refractivity contribution is 0.339. The van der Waals surface area contributed by atoms with Crippen LogP contribution in [0.15, 0.2) is 34.3 Å². The molecule has 116 valence electrons. The highest BCUT2D eigenvalue weighted by Crippen LogP contribution is 2.08. The Labute approximate surface area is 130 Å². The van der Waals surface area contributed by atoms with E-state index in [0.29, 0.717) is 12.5 Å². The van der Waals surface area contributed by atoms with Gasteiger partial charge in [-0.05, 0) is 37.0 Å². The molecule has 1 aromatic rings. The number of halogens is 2. The maximum atomic E-state index is 13.0. The van der Waals surface area contributed by atoms with E-state index in [1.807, 2.05) is 4.90 Å². The van der Waals surface area contributed by atoms with Crippen molar-refractivity contribution in [3.05, 3.63) is 35.6 Å². The van der Waals surface area contributed by atoms with Crippen LogP contribution in [0, 0.1) is 5.82 Å². The van der Waals surface area contributed by atoms with Gasteiger partial charge in [0.2, 0.25) is 5.96 Å². The van der Waals surface area contributed by atoms with Gasteiger partial charge in [0.15, 0.2) is 5.96 Å². The van der Waals surface area contributed by atoms with Gasteiger partial charge in [-0.25, -0.2) is 9.38 Å². The maximum Gasteiger partial charge on any atom is 0.218 e. The van der Waals surface area contributed by atoms with Gasteiger partial charge < -0.3 is 16.4 Å². The van der Waals surface area contributed by atoms with Crippen molar-refractivity contribution < 1.29 is 4.39 Å². The van der Waals surface area contributed by atoms with Gasteiger partial charge in [-0.15, -0.1) is 12.4 Å². The van der Waals surface area contributed by atoms with Gasteiger partial charge in [-0.1, -0.05) is 12.1 Å². The fourth-order valence-corrected chi connectivity index (χ4v) is 2.15. The molecule has 21 heavy (non-hydrogen) atoms. The van der Waals surface area contributed by atoms with E-state index in [9.17, 15) is 4.39 Å². The van der Waals surface area contributed by atoms with Crippen LogP contribution in [0.5, 0.6) is 0 Å². The zero-order valence-electron chi connectivity index (χ0n) is 11.8. The fourth-order valence-electron chi connectivity index (χ4n) is 2.15. The molecule has 0 radical (unpaired) electrons. The molecule has 0 unspecified atom stereocenters. The minimum absolute atomic E-state index is 0. The van der Waals surface area contributed by atoms with Crippen molar-refractivity contribution >= 4 is 24.3 Å². The molecule has 0 bridgehead atoms. The van der Waals surface area contributed by atoms with E-state index in [1.54, 1.807) is 12.1 Å². The molecule has 1 aliphatic rings. The second-order valence-electron chi connectivity index (χ2n) is 4.82. The van der Waals surface area contributed by atoms with Crippen molar-refractivity contribution in [3.63, 3.8) is 0 Å². The maximum absolute atomic E-state index is 13.0. The molecule has 0 atom stereocenters. The van der Waals surface area contributed by atoms with Gasteiger partial charge in [0.1, 0.15) is 5.82 Å². The average molecular weight is 314 g/mol. The molecule has 5 nitrogen and oxygen atoms in total. The summed E-state index contributed by atoms with van der Waals surface area (Å²) in [4.78, 5) is 10.2. The molecule has 1 aliphatic heterocycles. The zero-order valence-corrected chi connectivity index (χ0v) is 12.7. The van der Waals surface area contributed by atoms with Gasteiger partial charge in [0, 0.05) is 13.1 Å².